The maximum Gasteiger partial charge on any atom is 0.171 e. The van der Waals surface area contributed by atoms with Crippen LogP contribution in [0.4, 0.5) is 4.39 Å². The van der Waals surface area contributed by atoms with Gasteiger partial charge in [-0.05, 0) is 25.1 Å². The minimum atomic E-state index is -0.338. The first-order valence-electron chi connectivity index (χ1n) is 5.40. The van der Waals surface area contributed by atoms with Crippen molar-refractivity contribution in [3.63, 3.8) is 0 Å². The second-order valence-electron chi connectivity index (χ2n) is 3.97. The first kappa shape index (κ1) is 12.5. The second-order valence-corrected chi connectivity index (χ2v) is 5.21. The number of halogens is 3. The standard InChI is InChI=1S/C12H7BrClFN4/c1-6-16-10(14)5-11-17-18-12(19(6)11)8-4-7(15)2-3-9(8)13/h2-5H,1H3. The van der Waals surface area contributed by atoms with Gasteiger partial charge >= 0.3 is 0 Å². The first-order chi connectivity index (χ1) is 9.06. The number of benzene rings is 1. The molecule has 0 unspecified atom stereocenters. The Morgan fingerprint density at radius 1 is 1.26 bits per heavy atom. The summed E-state index contributed by atoms with van der Waals surface area (Å²) in [6.07, 6.45) is 0. The van der Waals surface area contributed by atoms with Gasteiger partial charge in [0.2, 0.25) is 0 Å². The Labute approximate surface area is 121 Å². The molecule has 3 aromatic rings. The summed E-state index contributed by atoms with van der Waals surface area (Å²) in [4.78, 5) is 4.15. The molecular formula is C12H7BrClFN4. The minimum absolute atomic E-state index is 0.338. The highest BCUT2D eigenvalue weighted by atomic mass is 79.9. The fraction of sp³-hybridized carbons (Fsp3) is 0.0833. The molecule has 4 nitrogen and oxygen atoms in total. The monoisotopic (exact) mass is 340 g/mol. The highest BCUT2D eigenvalue weighted by Crippen LogP contribution is 2.28. The zero-order valence-corrected chi connectivity index (χ0v) is 12.1. The van der Waals surface area contributed by atoms with E-state index in [1.54, 1.807) is 23.5 Å². The minimum Gasteiger partial charge on any atom is -0.263 e. The molecule has 0 aliphatic heterocycles. The molecule has 0 fully saturated rings. The number of rotatable bonds is 1. The van der Waals surface area contributed by atoms with Crippen molar-refractivity contribution < 1.29 is 4.39 Å². The molecule has 0 saturated carbocycles. The lowest BCUT2D eigenvalue weighted by molar-refractivity contribution is 0.628. The van der Waals surface area contributed by atoms with E-state index in [9.17, 15) is 4.39 Å². The quantitative estimate of drug-likeness (QED) is 0.635. The van der Waals surface area contributed by atoms with Gasteiger partial charge in [-0.15, -0.1) is 10.2 Å². The molecule has 2 heterocycles. The van der Waals surface area contributed by atoms with Crippen molar-refractivity contribution in [3.8, 4) is 11.4 Å². The molecule has 0 atom stereocenters. The van der Waals surface area contributed by atoms with Crippen molar-refractivity contribution in [3.05, 3.63) is 45.5 Å². The molecule has 3 rings (SSSR count). The van der Waals surface area contributed by atoms with Gasteiger partial charge < -0.3 is 0 Å². The number of fused-ring (bicyclic) bond motifs is 1. The van der Waals surface area contributed by atoms with Gasteiger partial charge in [-0.25, -0.2) is 9.37 Å². The Kier molecular flexibility index (Phi) is 2.99. The van der Waals surface area contributed by atoms with E-state index in [0.29, 0.717) is 28.0 Å². The van der Waals surface area contributed by atoms with Gasteiger partial charge in [-0.1, -0.05) is 27.5 Å². The predicted molar refractivity (Wildman–Crippen MR) is 73.6 cm³/mol. The second kappa shape index (κ2) is 4.54. The summed E-state index contributed by atoms with van der Waals surface area (Å²) in [5.41, 5.74) is 1.18. The molecule has 0 aliphatic rings. The summed E-state index contributed by atoms with van der Waals surface area (Å²) in [5, 5.41) is 8.47. The number of aromatic nitrogens is 4. The molecule has 96 valence electrons. The van der Waals surface area contributed by atoms with Gasteiger partial charge in [0.05, 0.1) is 0 Å². The van der Waals surface area contributed by atoms with E-state index in [4.69, 9.17) is 11.6 Å². The third kappa shape index (κ3) is 2.11. The Hall–Kier alpha value is -1.53. The summed E-state index contributed by atoms with van der Waals surface area (Å²) in [5.74, 6) is 0.816. The van der Waals surface area contributed by atoms with Crippen LogP contribution in [0.25, 0.3) is 17.0 Å². The molecule has 0 amide bonds. The number of hydrogen-bond acceptors (Lipinski definition) is 3. The summed E-state index contributed by atoms with van der Waals surface area (Å²) < 4.78 is 15.9. The van der Waals surface area contributed by atoms with Gasteiger partial charge in [0.15, 0.2) is 11.5 Å². The van der Waals surface area contributed by atoms with E-state index >= 15 is 0 Å². The molecule has 7 heteroatoms. The van der Waals surface area contributed by atoms with E-state index in [-0.39, 0.29) is 5.82 Å². The largest absolute Gasteiger partial charge is 0.263 e. The zero-order chi connectivity index (χ0) is 13.6. The average molecular weight is 342 g/mol. The van der Waals surface area contributed by atoms with Crippen LogP contribution in [0, 0.1) is 12.7 Å². The van der Waals surface area contributed by atoms with Crippen LogP contribution in [0.5, 0.6) is 0 Å². The maximum absolute atomic E-state index is 13.4. The van der Waals surface area contributed by atoms with Crippen molar-refractivity contribution in [2.24, 2.45) is 0 Å². The van der Waals surface area contributed by atoms with Crippen LogP contribution in [-0.2, 0) is 0 Å². The lowest BCUT2D eigenvalue weighted by Crippen LogP contribution is -1.98. The van der Waals surface area contributed by atoms with E-state index in [2.05, 4.69) is 31.1 Å². The van der Waals surface area contributed by atoms with Gasteiger partial charge in [0, 0.05) is 16.1 Å². The van der Waals surface area contributed by atoms with Gasteiger partial charge in [0.25, 0.3) is 0 Å². The summed E-state index contributed by atoms with van der Waals surface area (Å²) in [6, 6.07) is 6.01. The third-order valence-corrected chi connectivity index (χ3v) is 3.58. The van der Waals surface area contributed by atoms with Crippen LogP contribution in [-0.4, -0.2) is 19.6 Å². The SMILES string of the molecule is Cc1nc(Cl)cc2nnc(-c3cc(F)ccc3Br)n12. The van der Waals surface area contributed by atoms with Crippen LogP contribution in [0.2, 0.25) is 5.15 Å². The molecule has 19 heavy (non-hydrogen) atoms. The van der Waals surface area contributed by atoms with Gasteiger partial charge in [-0.2, -0.15) is 0 Å². The van der Waals surface area contributed by atoms with Crippen LogP contribution < -0.4 is 0 Å². The van der Waals surface area contributed by atoms with E-state index in [1.165, 1.54) is 12.1 Å². The first-order valence-corrected chi connectivity index (χ1v) is 6.57. The third-order valence-electron chi connectivity index (χ3n) is 2.70. The summed E-state index contributed by atoms with van der Waals surface area (Å²) in [6.45, 7) is 1.79. The molecule has 0 aliphatic carbocycles. The highest BCUT2D eigenvalue weighted by Gasteiger charge is 2.14. The molecule has 1 aromatic carbocycles. The van der Waals surface area contributed by atoms with E-state index in [0.717, 1.165) is 4.47 Å². The van der Waals surface area contributed by atoms with Gasteiger partial charge in [-0.3, -0.25) is 4.40 Å². The maximum atomic E-state index is 13.4. The lowest BCUT2D eigenvalue weighted by Gasteiger charge is -2.05. The fourth-order valence-corrected chi connectivity index (χ4v) is 2.54. The number of aryl methyl sites for hydroxylation is 1. The number of nitrogens with zero attached hydrogens (tertiary/aromatic N) is 4. The van der Waals surface area contributed by atoms with Crippen molar-refractivity contribution in [1.29, 1.82) is 0 Å². The Balaban J connectivity index is 2.34. The zero-order valence-electron chi connectivity index (χ0n) is 9.73. The van der Waals surface area contributed by atoms with Crippen molar-refractivity contribution >= 4 is 33.2 Å². The Bertz CT molecular complexity index is 787. The van der Waals surface area contributed by atoms with Crippen LogP contribution in [0.15, 0.2) is 28.7 Å². The van der Waals surface area contributed by atoms with Gasteiger partial charge in [0.1, 0.15) is 16.8 Å². The molecule has 0 spiro atoms. The molecular weight excluding hydrogens is 335 g/mol. The van der Waals surface area contributed by atoms with Crippen molar-refractivity contribution in [2.45, 2.75) is 6.92 Å². The smallest absolute Gasteiger partial charge is 0.171 e. The highest BCUT2D eigenvalue weighted by molar-refractivity contribution is 9.10. The lowest BCUT2D eigenvalue weighted by atomic mass is 10.2. The number of hydrogen-bond donors (Lipinski definition) is 0. The van der Waals surface area contributed by atoms with Crippen molar-refractivity contribution in [1.82, 2.24) is 19.6 Å². The normalized spacial score (nSPS) is 11.2. The summed E-state index contributed by atoms with van der Waals surface area (Å²) in [7, 11) is 0. The summed E-state index contributed by atoms with van der Waals surface area (Å²) >= 11 is 9.26. The van der Waals surface area contributed by atoms with E-state index < -0.39 is 0 Å². The average Bonchev–Trinajstić information content (AvgIpc) is 2.76. The van der Waals surface area contributed by atoms with Crippen LogP contribution in [0.3, 0.4) is 0 Å². The van der Waals surface area contributed by atoms with Crippen LogP contribution >= 0.6 is 27.5 Å². The molecule has 2 aromatic heterocycles. The topological polar surface area (TPSA) is 43.1 Å². The van der Waals surface area contributed by atoms with Crippen LogP contribution in [0.1, 0.15) is 5.82 Å². The molecule has 0 N–H and O–H groups in total. The molecule has 0 radical (unpaired) electrons. The molecule has 0 bridgehead atoms. The van der Waals surface area contributed by atoms with E-state index in [1.807, 2.05) is 0 Å². The van der Waals surface area contributed by atoms with Crippen molar-refractivity contribution in [2.75, 3.05) is 0 Å². The predicted octanol–water partition coefficient (Wildman–Crippen LogP) is 3.65. The fourth-order valence-electron chi connectivity index (χ4n) is 1.90. The molecule has 0 saturated heterocycles. The Morgan fingerprint density at radius 3 is 2.84 bits per heavy atom. The Morgan fingerprint density at radius 2 is 2.05 bits per heavy atom.